The summed E-state index contributed by atoms with van der Waals surface area (Å²) in [6.07, 6.45) is 3.89. The van der Waals surface area contributed by atoms with Crippen LogP contribution in [0.3, 0.4) is 0 Å². The number of aromatic nitrogens is 2. The second-order valence-corrected chi connectivity index (χ2v) is 5.85. The number of hydrogen-bond acceptors (Lipinski definition) is 4. The van der Waals surface area contributed by atoms with Crippen molar-refractivity contribution in [2.75, 3.05) is 13.1 Å². The van der Waals surface area contributed by atoms with E-state index >= 15 is 0 Å². The molecule has 0 saturated carbocycles. The molecule has 2 rings (SSSR count). The molecule has 21 heavy (non-hydrogen) atoms. The average molecular weight is 293 g/mol. The number of oxime groups is 1. The number of amidine groups is 1. The van der Waals surface area contributed by atoms with E-state index in [2.05, 4.69) is 10.3 Å². The zero-order valence-electron chi connectivity index (χ0n) is 12.8. The number of hydrogen-bond donors (Lipinski definition) is 2. The molecule has 0 atom stereocenters. The van der Waals surface area contributed by atoms with Crippen LogP contribution in [0, 0.1) is 5.41 Å². The van der Waals surface area contributed by atoms with E-state index in [0.29, 0.717) is 31.5 Å². The highest BCUT2D eigenvalue weighted by Crippen LogP contribution is 2.31. The van der Waals surface area contributed by atoms with Crippen LogP contribution in [0.2, 0.25) is 0 Å². The molecular weight excluding hydrogens is 270 g/mol. The van der Waals surface area contributed by atoms with Gasteiger partial charge >= 0.3 is 0 Å². The molecule has 116 valence electrons. The zero-order chi connectivity index (χ0) is 15.6. The second-order valence-electron chi connectivity index (χ2n) is 5.85. The molecule has 1 aliphatic heterocycles. The van der Waals surface area contributed by atoms with Gasteiger partial charge in [-0.05, 0) is 19.3 Å². The van der Waals surface area contributed by atoms with Crippen molar-refractivity contribution in [2.45, 2.75) is 33.1 Å². The molecule has 1 aromatic rings. The molecule has 1 saturated heterocycles. The third-order valence-electron chi connectivity index (χ3n) is 4.35. The Morgan fingerprint density at radius 1 is 1.52 bits per heavy atom. The van der Waals surface area contributed by atoms with Crippen LogP contribution in [0.25, 0.3) is 0 Å². The highest BCUT2D eigenvalue weighted by atomic mass is 16.4. The van der Waals surface area contributed by atoms with Crippen LogP contribution in [0.5, 0.6) is 0 Å². The lowest BCUT2D eigenvalue weighted by Gasteiger charge is -2.38. The quantitative estimate of drug-likeness (QED) is 0.375. The predicted octanol–water partition coefficient (Wildman–Crippen LogP) is 0.971. The molecule has 1 aliphatic rings. The minimum absolute atomic E-state index is 0.0153. The van der Waals surface area contributed by atoms with Crippen LogP contribution >= 0.6 is 0 Å². The third-order valence-corrected chi connectivity index (χ3v) is 4.35. The van der Waals surface area contributed by atoms with Gasteiger partial charge in [-0.1, -0.05) is 19.0 Å². The Kier molecular flexibility index (Phi) is 4.20. The Morgan fingerprint density at radius 2 is 2.14 bits per heavy atom. The number of carbonyl (C=O) groups is 1. The Hall–Kier alpha value is -2.05. The SMILES string of the molecule is CCc1nn(C)cc1C(=O)N1CCC(C)(/C(N)=N/O)CC1. The fourth-order valence-corrected chi connectivity index (χ4v) is 2.72. The number of nitrogens with zero attached hydrogens (tertiary/aromatic N) is 4. The summed E-state index contributed by atoms with van der Waals surface area (Å²) in [6.45, 7) is 5.16. The van der Waals surface area contributed by atoms with Gasteiger partial charge in [0.2, 0.25) is 0 Å². The number of likely N-dealkylation sites (tertiary alicyclic amines) is 1. The summed E-state index contributed by atoms with van der Waals surface area (Å²) in [5.41, 5.74) is 6.91. The van der Waals surface area contributed by atoms with Crippen molar-refractivity contribution in [1.82, 2.24) is 14.7 Å². The van der Waals surface area contributed by atoms with Gasteiger partial charge in [-0.2, -0.15) is 5.10 Å². The van der Waals surface area contributed by atoms with Crippen molar-refractivity contribution in [3.05, 3.63) is 17.5 Å². The van der Waals surface area contributed by atoms with Crippen LogP contribution in [0.15, 0.2) is 11.4 Å². The van der Waals surface area contributed by atoms with Crippen LogP contribution in [0.4, 0.5) is 0 Å². The van der Waals surface area contributed by atoms with Gasteiger partial charge in [0.15, 0.2) is 0 Å². The van der Waals surface area contributed by atoms with Gasteiger partial charge in [-0.25, -0.2) is 0 Å². The molecule has 0 bridgehead atoms. The maximum absolute atomic E-state index is 12.6. The summed E-state index contributed by atoms with van der Waals surface area (Å²) < 4.78 is 1.68. The first-order valence-electron chi connectivity index (χ1n) is 7.21. The summed E-state index contributed by atoms with van der Waals surface area (Å²) in [6, 6.07) is 0. The minimum atomic E-state index is -0.339. The molecule has 1 amide bonds. The maximum Gasteiger partial charge on any atom is 0.257 e. The Labute approximate surface area is 124 Å². The molecule has 0 radical (unpaired) electrons. The lowest BCUT2D eigenvalue weighted by atomic mass is 9.79. The summed E-state index contributed by atoms with van der Waals surface area (Å²) >= 11 is 0. The van der Waals surface area contributed by atoms with Gasteiger partial charge in [0, 0.05) is 31.7 Å². The van der Waals surface area contributed by atoms with Crippen molar-refractivity contribution in [1.29, 1.82) is 0 Å². The average Bonchev–Trinajstić information content (AvgIpc) is 2.87. The number of aryl methyl sites for hydroxylation is 2. The molecule has 0 spiro atoms. The van der Waals surface area contributed by atoms with Crippen molar-refractivity contribution in [3.63, 3.8) is 0 Å². The number of piperidine rings is 1. The molecule has 0 unspecified atom stereocenters. The van der Waals surface area contributed by atoms with Gasteiger partial charge < -0.3 is 15.8 Å². The lowest BCUT2D eigenvalue weighted by Crippen LogP contribution is -2.47. The standard InChI is InChI=1S/C14H23N5O2/c1-4-11-10(9-18(3)16-11)12(20)19-7-5-14(2,6-8-19)13(15)17-21/h9,21H,4-8H2,1-3H3,(H2,15,17). The summed E-state index contributed by atoms with van der Waals surface area (Å²) in [4.78, 5) is 14.4. The molecule has 2 heterocycles. The topological polar surface area (TPSA) is 96.7 Å². The van der Waals surface area contributed by atoms with Crippen LogP contribution in [-0.2, 0) is 13.5 Å². The molecule has 7 heteroatoms. The number of nitrogens with two attached hydrogens (primary N) is 1. The first-order chi connectivity index (χ1) is 9.91. The van der Waals surface area contributed by atoms with E-state index in [1.165, 1.54) is 0 Å². The first-order valence-corrected chi connectivity index (χ1v) is 7.21. The first kappa shape index (κ1) is 15.3. The van der Waals surface area contributed by atoms with Gasteiger partial charge in [-0.15, -0.1) is 0 Å². The van der Waals surface area contributed by atoms with Crippen LogP contribution in [0.1, 0.15) is 42.7 Å². The Morgan fingerprint density at radius 3 is 2.67 bits per heavy atom. The molecule has 0 aromatic carbocycles. The van der Waals surface area contributed by atoms with E-state index in [9.17, 15) is 4.79 Å². The smallest absolute Gasteiger partial charge is 0.257 e. The van der Waals surface area contributed by atoms with Crippen molar-refractivity contribution in [2.24, 2.45) is 23.4 Å². The lowest BCUT2D eigenvalue weighted by molar-refractivity contribution is 0.0665. The highest BCUT2D eigenvalue weighted by molar-refractivity contribution is 5.95. The van der Waals surface area contributed by atoms with E-state index in [1.807, 2.05) is 25.8 Å². The normalized spacial score (nSPS) is 18.8. The van der Waals surface area contributed by atoms with E-state index < -0.39 is 0 Å². The molecule has 0 aliphatic carbocycles. The largest absolute Gasteiger partial charge is 0.409 e. The fourth-order valence-electron chi connectivity index (χ4n) is 2.72. The number of rotatable bonds is 3. The Balaban J connectivity index is 2.10. The van der Waals surface area contributed by atoms with E-state index in [1.54, 1.807) is 10.9 Å². The maximum atomic E-state index is 12.6. The third kappa shape index (κ3) is 2.86. The second kappa shape index (κ2) is 5.75. The monoisotopic (exact) mass is 293 g/mol. The Bertz CT molecular complexity index is 556. The van der Waals surface area contributed by atoms with Gasteiger partial charge in [0.05, 0.1) is 11.3 Å². The van der Waals surface area contributed by atoms with E-state index in [4.69, 9.17) is 10.9 Å². The molecule has 1 fully saturated rings. The molecular formula is C14H23N5O2. The van der Waals surface area contributed by atoms with Crippen LogP contribution < -0.4 is 5.73 Å². The molecule has 3 N–H and O–H groups in total. The predicted molar refractivity (Wildman–Crippen MR) is 79.2 cm³/mol. The number of amides is 1. The van der Waals surface area contributed by atoms with E-state index in [-0.39, 0.29) is 17.2 Å². The van der Waals surface area contributed by atoms with E-state index in [0.717, 1.165) is 12.1 Å². The van der Waals surface area contributed by atoms with Gasteiger partial charge in [0.1, 0.15) is 5.84 Å². The van der Waals surface area contributed by atoms with Crippen molar-refractivity contribution >= 4 is 11.7 Å². The van der Waals surface area contributed by atoms with Crippen molar-refractivity contribution in [3.8, 4) is 0 Å². The minimum Gasteiger partial charge on any atom is -0.409 e. The van der Waals surface area contributed by atoms with Gasteiger partial charge in [0.25, 0.3) is 5.91 Å². The molecule has 1 aromatic heterocycles. The fraction of sp³-hybridized carbons (Fsp3) is 0.643. The summed E-state index contributed by atoms with van der Waals surface area (Å²) in [7, 11) is 1.82. The van der Waals surface area contributed by atoms with Crippen LogP contribution in [-0.4, -0.2) is 44.7 Å². The number of carbonyl (C=O) groups excluding carboxylic acids is 1. The highest BCUT2D eigenvalue weighted by Gasteiger charge is 2.36. The zero-order valence-corrected chi connectivity index (χ0v) is 12.8. The summed E-state index contributed by atoms with van der Waals surface area (Å²) in [5.74, 6) is 0.256. The molecule has 7 nitrogen and oxygen atoms in total. The van der Waals surface area contributed by atoms with Crippen molar-refractivity contribution < 1.29 is 10.0 Å². The summed E-state index contributed by atoms with van der Waals surface area (Å²) in [5, 5.41) is 16.3. The van der Waals surface area contributed by atoms with Gasteiger partial charge in [-0.3, -0.25) is 9.48 Å².